The Morgan fingerprint density at radius 2 is 1.18 bits per heavy atom. The quantitative estimate of drug-likeness (QED) is 0.161. The van der Waals surface area contributed by atoms with Gasteiger partial charge < -0.3 is 19.9 Å². The standard InChI is InChI=1S/C29H51NO4/c1-3-5-7-9-11-13-15-17-23-33-27-20-19-26(29(32)30-21-22-31)25-28(27)34-24-18-16-14-12-10-8-6-4-2/h19-20,25,31H,3-18,21-24H2,1-2H3,(H,30,32). The molecule has 0 fully saturated rings. The van der Waals surface area contributed by atoms with Crippen LogP contribution in [-0.4, -0.2) is 37.4 Å². The van der Waals surface area contributed by atoms with Crippen LogP contribution in [0.4, 0.5) is 0 Å². The number of aliphatic hydroxyl groups excluding tert-OH is 1. The van der Waals surface area contributed by atoms with E-state index in [2.05, 4.69) is 19.2 Å². The number of carbonyl (C=O) groups is 1. The largest absolute Gasteiger partial charge is 0.490 e. The first-order valence-corrected chi connectivity index (χ1v) is 14.0. The lowest BCUT2D eigenvalue weighted by molar-refractivity contribution is 0.0944. The van der Waals surface area contributed by atoms with Crippen LogP contribution in [0.15, 0.2) is 18.2 Å². The monoisotopic (exact) mass is 477 g/mol. The summed E-state index contributed by atoms with van der Waals surface area (Å²) in [6.07, 6.45) is 20.1. The number of nitrogens with one attached hydrogen (secondary N) is 1. The first kappa shape index (κ1) is 30.3. The molecular formula is C29H51NO4. The Labute approximate surface area is 209 Å². The predicted molar refractivity (Wildman–Crippen MR) is 142 cm³/mol. The van der Waals surface area contributed by atoms with Crippen LogP contribution in [0, 0.1) is 0 Å². The van der Waals surface area contributed by atoms with Crippen molar-refractivity contribution in [3.05, 3.63) is 23.8 Å². The molecule has 0 radical (unpaired) electrons. The van der Waals surface area contributed by atoms with Crippen LogP contribution in [0.2, 0.25) is 0 Å². The van der Waals surface area contributed by atoms with E-state index in [-0.39, 0.29) is 19.1 Å². The van der Waals surface area contributed by atoms with Crippen molar-refractivity contribution in [1.29, 1.82) is 0 Å². The van der Waals surface area contributed by atoms with E-state index in [9.17, 15) is 4.79 Å². The van der Waals surface area contributed by atoms with Crippen molar-refractivity contribution in [2.75, 3.05) is 26.4 Å². The van der Waals surface area contributed by atoms with E-state index in [4.69, 9.17) is 14.6 Å². The third-order valence-electron chi connectivity index (χ3n) is 6.11. The molecule has 1 aromatic rings. The van der Waals surface area contributed by atoms with Gasteiger partial charge in [0.15, 0.2) is 11.5 Å². The second-order valence-corrected chi connectivity index (χ2v) is 9.29. The van der Waals surface area contributed by atoms with E-state index in [0.29, 0.717) is 30.3 Å². The summed E-state index contributed by atoms with van der Waals surface area (Å²) < 4.78 is 12.1. The van der Waals surface area contributed by atoms with Gasteiger partial charge in [0, 0.05) is 12.1 Å². The van der Waals surface area contributed by atoms with Crippen molar-refractivity contribution >= 4 is 5.91 Å². The number of unbranched alkanes of at least 4 members (excludes halogenated alkanes) is 14. The SMILES string of the molecule is CCCCCCCCCCOc1ccc(C(=O)NCCO)cc1OCCCCCCCCCC. The van der Waals surface area contributed by atoms with Crippen molar-refractivity contribution in [2.24, 2.45) is 0 Å². The van der Waals surface area contributed by atoms with Gasteiger partial charge in [0.2, 0.25) is 0 Å². The number of amides is 1. The third-order valence-corrected chi connectivity index (χ3v) is 6.11. The van der Waals surface area contributed by atoms with E-state index in [1.807, 2.05) is 6.07 Å². The topological polar surface area (TPSA) is 67.8 Å². The van der Waals surface area contributed by atoms with E-state index in [0.717, 1.165) is 19.3 Å². The van der Waals surface area contributed by atoms with Gasteiger partial charge in [0.25, 0.3) is 5.91 Å². The highest BCUT2D eigenvalue weighted by Crippen LogP contribution is 2.29. The van der Waals surface area contributed by atoms with Crippen LogP contribution < -0.4 is 14.8 Å². The molecule has 0 bridgehead atoms. The maximum Gasteiger partial charge on any atom is 0.251 e. The molecule has 0 aliphatic rings. The number of carbonyl (C=O) groups excluding carboxylic acids is 1. The molecule has 0 heterocycles. The molecule has 1 rings (SSSR count). The number of benzene rings is 1. The molecule has 0 aromatic heterocycles. The van der Waals surface area contributed by atoms with Gasteiger partial charge in [-0.15, -0.1) is 0 Å². The number of hydrogen-bond donors (Lipinski definition) is 2. The molecule has 5 nitrogen and oxygen atoms in total. The molecule has 34 heavy (non-hydrogen) atoms. The summed E-state index contributed by atoms with van der Waals surface area (Å²) in [6.45, 7) is 5.95. The van der Waals surface area contributed by atoms with Crippen molar-refractivity contribution in [3.63, 3.8) is 0 Å². The summed E-state index contributed by atoms with van der Waals surface area (Å²) in [7, 11) is 0. The molecule has 1 amide bonds. The first-order chi connectivity index (χ1) is 16.7. The second-order valence-electron chi connectivity index (χ2n) is 9.29. The Hall–Kier alpha value is -1.75. The fourth-order valence-electron chi connectivity index (χ4n) is 3.99. The molecule has 2 N–H and O–H groups in total. The van der Waals surface area contributed by atoms with Crippen molar-refractivity contribution < 1.29 is 19.4 Å². The highest BCUT2D eigenvalue weighted by atomic mass is 16.5. The molecule has 0 aliphatic heterocycles. The van der Waals surface area contributed by atoms with Crippen molar-refractivity contribution in [2.45, 2.75) is 117 Å². The molecular weight excluding hydrogens is 426 g/mol. The molecule has 1 aromatic carbocycles. The molecule has 0 spiro atoms. The van der Waals surface area contributed by atoms with Crippen LogP contribution >= 0.6 is 0 Å². The lowest BCUT2D eigenvalue weighted by Crippen LogP contribution is -2.26. The maximum absolute atomic E-state index is 12.3. The summed E-state index contributed by atoms with van der Waals surface area (Å²) in [6, 6.07) is 5.36. The van der Waals surface area contributed by atoms with Gasteiger partial charge in [-0.25, -0.2) is 0 Å². The normalized spacial score (nSPS) is 10.9. The zero-order chi connectivity index (χ0) is 24.7. The average Bonchev–Trinajstić information content (AvgIpc) is 2.85. The molecule has 5 heteroatoms. The van der Waals surface area contributed by atoms with Crippen LogP contribution in [-0.2, 0) is 0 Å². The molecule has 0 saturated carbocycles. The lowest BCUT2D eigenvalue weighted by Gasteiger charge is -2.14. The number of rotatable bonds is 23. The summed E-state index contributed by atoms with van der Waals surface area (Å²) >= 11 is 0. The van der Waals surface area contributed by atoms with Gasteiger partial charge in [-0.05, 0) is 31.0 Å². The number of hydrogen-bond acceptors (Lipinski definition) is 4. The minimum Gasteiger partial charge on any atom is -0.490 e. The van der Waals surface area contributed by atoms with Gasteiger partial charge in [-0.1, -0.05) is 104 Å². The van der Waals surface area contributed by atoms with E-state index in [1.165, 1.54) is 83.5 Å². The lowest BCUT2D eigenvalue weighted by atomic mass is 10.1. The summed E-state index contributed by atoms with van der Waals surface area (Å²) in [4.78, 5) is 12.3. The van der Waals surface area contributed by atoms with Crippen molar-refractivity contribution in [1.82, 2.24) is 5.32 Å². The molecule has 196 valence electrons. The Kier molecular flexibility index (Phi) is 19.4. The number of aliphatic hydroxyl groups is 1. The third kappa shape index (κ3) is 15.2. The van der Waals surface area contributed by atoms with E-state index in [1.54, 1.807) is 12.1 Å². The summed E-state index contributed by atoms with van der Waals surface area (Å²) in [5.74, 6) is 1.14. The van der Waals surface area contributed by atoms with Crippen LogP contribution in [0.3, 0.4) is 0 Å². The Morgan fingerprint density at radius 1 is 0.706 bits per heavy atom. The molecule has 0 unspecified atom stereocenters. The first-order valence-electron chi connectivity index (χ1n) is 14.0. The zero-order valence-corrected chi connectivity index (χ0v) is 22.0. The molecule has 0 atom stereocenters. The van der Waals surface area contributed by atoms with E-state index < -0.39 is 0 Å². The predicted octanol–water partition coefficient (Wildman–Crippen LogP) is 7.45. The Morgan fingerprint density at radius 3 is 1.68 bits per heavy atom. The minimum absolute atomic E-state index is 0.0761. The van der Waals surface area contributed by atoms with Crippen LogP contribution in [0.5, 0.6) is 11.5 Å². The zero-order valence-electron chi connectivity index (χ0n) is 22.0. The van der Waals surface area contributed by atoms with Gasteiger partial charge >= 0.3 is 0 Å². The Bertz CT molecular complexity index is 620. The highest BCUT2D eigenvalue weighted by Gasteiger charge is 2.12. The average molecular weight is 478 g/mol. The maximum atomic E-state index is 12.3. The summed E-state index contributed by atoms with van der Waals surface area (Å²) in [5.41, 5.74) is 0.527. The van der Waals surface area contributed by atoms with Crippen molar-refractivity contribution in [3.8, 4) is 11.5 Å². The van der Waals surface area contributed by atoms with Gasteiger partial charge in [-0.2, -0.15) is 0 Å². The highest BCUT2D eigenvalue weighted by molar-refractivity contribution is 5.94. The van der Waals surface area contributed by atoms with Crippen LogP contribution in [0.25, 0.3) is 0 Å². The van der Waals surface area contributed by atoms with Gasteiger partial charge in [0.05, 0.1) is 19.8 Å². The smallest absolute Gasteiger partial charge is 0.251 e. The van der Waals surface area contributed by atoms with E-state index >= 15 is 0 Å². The summed E-state index contributed by atoms with van der Waals surface area (Å²) in [5, 5.41) is 11.7. The Balaban J connectivity index is 2.44. The van der Waals surface area contributed by atoms with Gasteiger partial charge in [0.1, 0.15) is 0 Å². The second kappa shape index (κ2) is 21.8. The fourth-order valence-corrected chi connectivity index (χ4v) is 3.99. The number of ether oxygens (including phenoxy) is 2. The molecule has 0 saturated heterocycles. The van der Waals surface area contributed by atoms with Gasteiger partial charge in [-0.3, -0.25) is 4.79 Å². The molecule has 0 aliphatic carbocycles. The van der Waals surface area contributed by atoms with Crippen LogP contribution in [0.1, 0.15) is 127 Å². The fraction of sp³-hybridized carbons (Fsp3) is 0.759. The minimum atomic E-state index is -0.208.